The van der Waals surface area contributed by atoms with Gasteiger partial charge in [0.15, 0.2) is 0 Å². The Labute approximate surface area is 244 Å². The van der Waals surface area contributed by atoms with Crippen molar-refractivity contribution >= 4 is 44.1 Å². The molecular formula is C36H36F3NS. The Kier molecular flexibility index (Phi) is 6.88. The summed E-state index contributed by atoms with van der Waals surface area (Å²) >= 11 is 1.82. The quantitative estimate of drug-likeness (QED) is 0.184. The Balaban J connectivity index is 1.58. The third-order valence-electron chi connectivity index (χ3n) is 8.29. The molecule has 1 nitrogen and oxygen atoms in total. The third-order valence-corrected chi connectivity index (χ3v) is 9.50. The highest BCUT2D eigenvalue weighted by Gasteiger charge is 2.47. The van der Waals surface area contributed by atoms with Crippen molar-refractivity contribution in [3.05, 3.63) is 77.5 Å². The molecule has 0 bridgehead atoms. The Hall–Kier alpha value is -3.05. The van der Waals surface area contributed by atoms with E-state index in [1.807, 2.05) is 42.2 Å². The molecule has 0 saturated heterocycles. The van der Waals surface area contributed by atoms with Crippen LogP contribution in [0.25, 0.3) is 43.6 Å². The average molecular weight is 572 g/mol. The Morgan fingerprint density at radius 2 is 1.49 bits per heavy atom. The summed E-state index contributed by atoms with van der Waals surface area (Å²) in [5.74, 6) is 1.08. The summed E-state index contributed by atoms with van der Waals surface area (Å²) in [5, 5.41) is 6.72. The van der Waals surface area contributed by atoms with Crippen LogP contribution in [-0.2, 0) is 19.3 Å². The molecule has 0 atom stereocenters. The second-order valence-electron chi connectivity index (χ2n) is 13.2. The first-order valence-corrected chi connectivity index (χ1v) is 15.3. The van der Waals surface area contributed by atoms with Gasteiger partial charge in [-0.25, -0.2) is 0 Å². The number of nitrogens with zero attached hydrogens (tertiary/aromatic N) is 1. The van der Waals surface area contributed by atoms with Gasteiger partial charge in [0.05, 0.1) is 11.1 Å². The summed E-state index contributed by atoms with van der Waals surface area (Å²) in [6.45, 7) is 11.6. The highest BCUT2D eigenvalue weighted by Crippen LogP contribution is 2.52. The van der Waals surface area contributed by atoms with Crippen LogP contribution in [0, 0.1) is 17.3 Å². The molecule has 4 aromatic carbocycles. The predicted octanol–water partition coefficient (Wildman–Crippen LogP) is 11.2. The fourth-order valence-electron chi connectivity index (χ4n) is 6.24. The standard InChI is InChI=1S/C36H36F3NS/c1-20(2)13-22-8-10-26-25(15-22)17-30-33-32-27(11-12-40-33)28-16-23(19-35(5,6)36(37,38)39)7-9-24(28)18-31(32)41-34(30)29(26)14-21(3)4/h7-12,15-18,20-21H,13-14,19H2,1-6H3. The van der Waals surface area contributed by atoms with Crippen LogP contribution in [0.3, 0.4) is 0 Å². The van der Waals surface area contributed by atoms with E-state index in [2.05, 4.69) is 58.0 Å². The first kappa shape index (κ1) is 28.1. The van der Waals surface area contributed by atoms with Gasteiger partial charge in [0.2, 0.25) is 0 Å². The van der Waals surface area contributed by atoms with E-state index in [1.165, 1.54) is 40.6 Å². The molecule has 5 heteroatoms. The highest BCUT2D eigenvalue weighted by atomic mass is 32.2. The number of rotatable bonds is 6. The van der Waals surface area contributed by atoms with Crippen molar-refractivity contribution in [1.82, 2.24) is 4.98 Å². The van der Waals surface area contributed by atoms with E-state index in [1.54, 1.807) is 0 Å². The number of aromatic nitrogens is 1. The molecule has 5 aromatic rings. The molecule has 0 radical (unpaired) electrons. The van der Waals surface area contributed by atoms with Crippen molar-refractivity contribution in [2.75, 3.05) is 0 Å². The number of halogens is 3. The SMILES string of the molecule is CC(C)Cc1ccc2c(CC(C)C)c3c(cc2c1)-c1nccc2c1c(cc1ccc(CC(C)(C)C(F)(F)F)cc12)S3. The van der Waals surface area contributed by atoms with E-state index in [-0.39, 0.29) is 6.42 Å². The van der Waals surface area contributed by atoms with Crippen molar-refractivity contribution in [2.45, 2.75) is 76.8 Å². The largest absolute Gasteiger partial charge is 0.394 e. The van der Waals surface area contributed by atoms with Gasteiger partial charge in [-0.2, -0.15) is 13.2 Å². The van der Waals surface area contributed by atoms with Crippen LogP contribution < -0.4 is 0 Å². The lowest BCUT2D eigenvalue weighted by atomic mass is 9.84. The van der Waals surface area contributed by atoms with E-state index < -0.39 is 11.6 Å². The minimum Gasteiger partial charge on any atom is -0.256 e. The van der Waals surface area contributed by atoms with E-state index in [4.69, 9.17) is 4.98 Å². The van der Waals surface area contributed by atoms with E-state index in [9.17, 15) is 13.2 Å². The van der Waals surface area contributed by atoms with E-state index in [0.717, 1.165) is 50.5 Å². The Morgan fingerprint density at radius 1 is 0.756 bits per heavy atom. The molecule has 41 heavy (non-hydrogen) atoms. The van der Waals surface area contributed by atoms with Crippen molar-refractivity contribution in [3.63, 3.8) is 0 Å². The zero-order valence-electron chi connectivity index (χ0n) is 24.5. The van der Waals surface area contributed by atoms with Gasteiger partial charge < -0.3 is 0 Å². The topological polar surface area (TPSA) is 12.9 Å². The van der Waals surface area contributed by atoms with Crippen LogP contribution in [0.1, 0.15) is 58.2 Å². The maximum absolute atomic E-state index is 13.7. The van der Waals surface area contributed by atoms with Gasteiger partial charge in [0.1, 0.15) is 0 Å². The number of hydrogen-bond donors (Lipinski definition) is 0. The number of hydrogen-bond acceptors (Lipinski definition) is 2. The maximum atomic E-state index is 13.7. The van der Waals surface area contributed by atoms with Crippen molar-refractivity contribution in [2.24, 2.45) is 17.3 Å². The first-order valence-electron chi connectivity index (χ1n) is 14.5. The van der Waals surface area contributed by atoms with Crippen molar-refractivity contribution < 1.29 is 13.2 Å². The van der Waals surface area contributed by atoms with Crippen LogP contribution in [0.5, 0.6) is 0 Å². The lowest BCUT2D eigenvalue weighted by Crippen LogP contribution is -2.34. The lowest BCUT2D eigenvalue weighted by molar-refractivity contribution is -0.211. The molecule has 0 fully saturated rings. The molecule has 0 aliphatic carbocycles. The highest BCUT2D eigenvalue weighted by molar-refractivity contribution is 8.00. The predicted molar refractivity (Wildman–Crippen MR) is 167 cm³/mol. The second-order valence-corrected chi connectivity index (χ2v) is 14.2. The minimum absolute atomic E-state index is 0.0610. The molecule has 0 spiro atoms. The van der Waals surface area contributed by atoms with Crippen LogP contribution >= 0.6 is 11.8 Å². The number of benzene rings is 4. The molecule has 1 aliphatic rings. The Morgan fingerprint density at radius 3 is 2.20 bits per heavy atom. The number of fused-ring (bicyclic) bond motifs is 5. The molecule has 6 rings (SSSR count). The first-order chi connectivity index (χ1) is 19.3. The zero-order chi connectivity index (χ0) is 29.3. The van der Waals surface area contributed by atoms with Gasteiger partial charge in [0.25, 0.3) is 0 Å². The molecule has 0 saturated carbocycles. The lowest BCUT2D eigenvalue weighted by Gasteiger charge is -2.28. The molecule has 0 unspecified atom stereocenters. The molecule has 0 amide bonds. The third kappa shape index (κ3) is 5.01. The maximum Gasteiger partial charge on any atom is 0.394 e. The van der Waals surface area contributed by atoms with E-state index in [0.29, 0.717) is 17.4 Å². The molecular weight excluding hydrogens is 535 g/mol. The van der Waals surface area contributed by atoms with Gasteiger partial charge in [-0.05, 0) is 92.9 Å². The fraction of sp³-hybridized carbons (Fsp3) is 0.361. The monoisotopic (exact) mass is 571 g/mol. The van der Waals surface area contributed by atoms with Crippen molar-refractivity contribution in [3.8, 4) is 11.3 Å². The summed E-state index contributed by atoms with van der Waals surface area (Å²) < 4.78 is 41.1. The molecule has 2 heterocycles. The van der Waals surface area contributed by atoms with Crippen molar-refractivity contribution in [1.29, 1.82) is 0 Å². The van der Waals surface area contributed by atoms with Gasteiger partial charge in [0, 0.05) is 26.9 Å². The van der Waals surface area contributed by atoms with Gasteiger partial charge in [-0.1, -0.05) is 89.7 Å². The smallest absolute Gasteiger partial charge is 0.256 e. The van der Waals surface area contributed by atoms with Gasteiger partial charge in [-0.3, -0.25) is 4.98 Å². The summed E-state index contributed by atoms with van der Waals surface area (Å²) in [5.41, 5.74) is 3.74. The van der Waals surface area contributed by atoms with E-state index >= 15 is 0 Å². The summed E-state index contributed by atoms with van der Waals surface area (Å²) in [4.78, 5) is 7.37. The summed E-state index contributed by atoms with van der Waals surface area (Å²) in [7, 11) is 0. The minimum atomic E-state index is -4.27. The molecule has 1 aliphatic heterocycles. The zero-order valence-corrected chi connectivity index (χ0v) is 25.4. The number of alkyl halides is 3. The average Bonchev–Trinajstić information content (AvgIpc) is 2.88. The van der Waals surface area contributed by atoms with Crippen LogP contribution in [0.15, 0.2) is 70.6 Å². The van der Waals surface area contributed by atoms with Crippen LogP contribution in [-0.4, -0.2) is 11.2 Å². The van der Waals surface area contributed by atoms with Gasteiger partial charge >= 0.3 is 6.18 Å². The van der Waals surface area contributed by atoms with Crippen LogP contribution in [0.4, 0.5) is 13.2 Å². The molecule has 0 N–H and O–H groups in total. The van der Waals surface area contributed by atoms with Crippen LogP contribution in [0.2, 0.25) is 0 Å². The Bertz CT molecular complexity index is 1810. The molecule has 1 aromatic heterocycles. The normalized spacial score (nSPS) is 13.6. The van der Waals surface area contributed by atoms with Gasteiger partial charge in [-0.15, -0.1) is 0 Å². The summed E-state index contributed by atoms with van der Waals surface area (Å²) in [6.07, 6.45) is -0.453. The number of pyridine rings is 1. The summed E-state index contributed by atoms with van der Waals surface area (Å²) in [6, 6.07) is 19.2. The fourth-order valence-corrected chi connectivity index (χ4v) is 7.54. The molecule has 212 valence electrons. The second kappa shape index (κ2) is 10.0.